The van der Waals surface area contributed by atoms with Gasteiger partial charge in [0.25, 0.3) is 5.91 Å². The Morgan fingerprint density at radius 1 is 1.29 bits per heavy atom. The highest BCUT2D eigenvalue weighted by Crippen LogP contribution is 2.21. The van der Waals surface area contributed by atoms with Gasteiger partial charge in [0.1, 0.15) is 6.17 Å². The number of hydrogen-bond acceptors (Lipinski definition) is 10. The molecule has 0 bridgehead atoms. The zero-order valence-electron chi connectivity index (χ0n) is 15.7. The molecular formula is C16H22N4O8. The third-order valence-corrected chi connectivity index (χ3v) is 3.69. The SMILES string of the molecule is CCOC(=O)COC(=O)Oc1c2n(ccc1=O)N[C@H](C)N(CCONC)C2=O. The van der Waals surface area contributed by atoms with Crippen molar-refractivity contribution >= 4 is 18.0 Å². The van der Waals surface area contributed by atoms with Gasteiger partial charge in [-0.1, -0.05) is 0 Å². The molecule has 0 spiro atoms. The van der Waals surface area contributed by atoms with Gasteiger partial charge in [0.05, 0.1) is 13.2 Å². The monoisotopic (exact) mass is 398 g/mol. The number of rotatable bonds is 8. The van der Waals surface area contributed by atoms with E-state index in [2.05, 4.69) is 20.4 Å². The lowest BCUT2D eigenvalue weighted by atomic mass is 10.2. The van der Waals surface area contributed by atoms with E-state index in [0.717, 1.165) is 6.07 Å². The second kappa shape index (κ2) is 9.71. The van der Waals surface area contributed by atoms with E-state index in [9.17, 15) is 19.2 Å². The molecule has 2 N–H and O–H groups in total. The highest BCUT2D eigenvalue weighted by Gasteiger charge is 2.34. The van der Waals surface area contributed by atoms with Gasteiger partial charge in [-0.3, -0.25) is 14.3 Å². The standard InChI is InChI=1S/C16H22N4O8/c1-4-25-12(22)9-26-16(24)28-14-11(21)5-6-20-13(14)15(23)19(10(2)18-20)7-8-27-17-3/h5-6,10,17-18H,4,7-9H2,1-3H3/t10-/m0/s1. The Morgan fingerprint density at radius 2 is 2.04 bits per heavy atom. The maximum atomic E-state index is 12.9. The van der Waals surface area contributed by atoms with Gasteiger partial charge in [-0.05, 0) is 13.8 Å². The number of nitrogens with one attached hydrogen (secondary N) is 2. The predicted molar refractivity (Wildman–Crippen MR) is 94.2 cm³/mol. The molecule has 1 aliphatic rings. The minimum Gasteiger partial charge on any atom is -0.463 e. The van der Waals surface area contributed by atoms with Crippen molar-refractivity contribution in [2.24, 2.45) is 0 Å². The van der Waals surface area contributed by atoms with Crippen LogP contribution < -0.4 is 21.1 Å². The van der Waals surface area contributed by atoms with Crippen LogP contribution in [-0.4, -0.2) is 67.2 Å². The number of ether oxygens (including phenoxy) is 3. The summed E-state index contributed by atoms with van der Waals surface area (Å²) < 4.78 is 15.4. The van der Waals surface area contributed by atoms with E-state index in [1.807, 2.05) is 0 Å². The summed E-state index contributed by atoms with van der Waals surface area (Å²) in [5, 5.41) is 0. The van der Waals surface area contributed by atoms with Crippen LogP contribution in [-0.2, 0) is 19.1 Å². The van der Waals surface area contributed by atoms with Crippen LogP contribution in [0.4, 0.5) is 4.79 Å². The van der Waals surface area contributed by atoms with E-state index in [1.165, 1.54) is 15.8 Å². The third kappa shape index (κ3) is 4.98. The number of esters is 1. The van der Waals surface area contributed by atoms with Crippen molar-refractivity contribution in [1.29, 1.82) is 0 Å². The number of amides is 1. The molecule has 2 rings (SSSR count). The van der Waals surface area contributed by atoms with Crippen LogP contribution in [0.2, 0.25) is 0 Å². The first kappa shape index (κ1) is 21.2. The van der Waals surface area contributed by atoms with Crippen LogP contribution in [0, 0.1) is 0 Å². The lowest BCUT2D eigenvalue weighted by Gasteiger charge is -2.36. The molecule has 0 aromatic carbocycles. The highest BCUT2D eigenvalue weighted by molar-refractivity contribution is 5.97. The molecule has 0 radical (unpaired) electrons. The van der Waals surface area contributed by atoms with E-state index in [0.29, 0.717) is 0 Å². The minimum absolute atomic E-state index is 0.121. The minimum atomic E-state index is -1.31. The first-order chi connectivity index (χ1) is 13.4. The fourth-order valence-electron chi connectivity index (χ4n) is 2.48. The first-order valence-corrected chi connectivity index (χ1v) is 8.51. The van der Waals surface area contributed by atoms with Gasteiger partial charge in [0.2, 0.25) is 11.2 Å². The molecule has 0 aliphatic carbocycles. The van der Waals surface area contributed by atoms with E-state index in [4.69, 9.17) is 9.57 Å². The van der Waals surface area contributed by atoms with Crippen molar-refractivity contribution in [2.45, 2.75) is 20.0 Å². The zero-order chi connectivity index (χ0) is 20.7. The first-order valence-electron chi connectivity index (χ1n) is 8.51. The number of aromatic nitrogens is 1. The summed E-state index contributed by atoms with van der Waals surface area (Å²) in [6.07, 6.45) is -0.369. The van der Waals surface area contributed by atoms with Crippen molar-refractivity contribution in [3.63, 3.8) is 0 Å². The number of carbonyl (C=O) groups excluding carboxylic acids is 3. The Balaban J connectivity index is 2.20. The van der Waals surface area contributed by atoms with Crippen LogP contribution >= 0.6 is 0 Å². The van der Waals surface area contributed by atoms with Crippen molar-refractivity contribution in [1.82, 2.24) is 15.1 Å². The van der Waals surface area contributed by atoms with E-state index < -0.39 is 42.0 Å². The summed E-state index contributed by atoms with van der Waals surface area (Å²) in [4.78, 5) is 54.6. The average molecular weight is 398 g/mol. The number of hydroxylamine groups is 1. The predicted octanol–water partition coefficient (Wildman–Crippen LogP) is -0.577. The maximum Gasteiger partial charge on any atom is 0.514 e. The van der Waals surface area contributed by atoms with Crippen LogP contribution in [0.15, 0.2) is 17.1 Å². The molecule has 2 heterocycles. The fourth-order valence-corrected chi connectivity index (χ4v) is 2.48. The van der Waals surface area contributed by atoms with Crippen molar-refractivity contribution in [3.8, 4) is 5.75 Å². The Hall–Kier alpha value is -3.12. The molecule has 1 amide bonds. The largest absolute Gasteiger partial charge is 0.514 e. The molecule has 154 valence electrons. The lowest BCUT2D eigenvalue weighted by Crippen LogP contribution is -2.53. The number of hydrogen-bond donors (Lipinski definition) is 2. The summed E-state index contributed by atoms with van der Waals surface area (Å²) in [6.45, 7) is 3.19. The molecule has 0 unspecified atom stereocenters. The molecule has 0 saturated carbocycles. The van der Waals surface area contributed by atoms with Gasteiger partial charge in [0, 0.05) is 25.9 Å². The van der Waals surface area contributed by atoms with Gasteiger partial charge in [0.15, 0.2) is 12.3 Å². The average Bonchev–Trinajstić information content (AvgIpc) is 2.65. The smallest absolute Gasteiger partial charge is 0.463 e. The third-order valence-electron chi connectivity index (χ3n) is 3.69. The number of carbonyl (C=O) groups is 3. The summed E-state index contributed by atoms with van der Waals surface area (Å²) in [7, 11) is 1.59. The molecule has 28 heavy (non-hydrogen) atoms. The Bertz CT molecular complexity index is 793. The summed E-state index contributed by atoms with van der Waals surface area (Å²) >= 11 is 0. The van der Waals surface area contributed by atoms with Gasteiger partial charge >= 0.3 is 12.1 Å². The Kier molecular flexibility index (Phi) is 7.35. The molecule has 1 aliphatic heterocycles. The second-order valence-corrected chi connectivity index (χ2v) is 5.53. The normalized spacial score (nSPS) is 15.5. The van der Waals surface area contributed by atoms with Crippen LogP contribution in [0.1, 0.15) is 24.3 Å². The van der Waals surface area contributed by atoms with Gasteiger partial charge in [-0.25, -0.2) is 15.1 Å². The topological polar surface area (TPSA) is 137 Å². The zero-order valence-corrected chi connectivity index (χ0v) is 15.7. The fraction of sp³-hybridized carbons (Fsp3) is 0.500. The molecule has 12 heteroatoms. The molecule has 12 nitrogen and oxygen atoms in total. The van der Waals surface area contributed by atoms with E-state index in [-0.39, 0.29) is 25.5 Å². The van der Waals surface area contributed by atoms with Crippen molar-refractivity contribution in [3.05, 3.63) is 28.2 Å². The number of pyridine rings is 1. The van der Waals surface area contributed by atoms with Crippen LogP contribution in [0.3, 0.4) is 0 Å². The molecular weight excluding hydrogens is 376 g/mol. The van der Waals surface area contributed by atoms with Crippen LogP contribution in [0.25, 0.3) is 0 Å². The summed E-state index contributed by atoms with van der Waals surface area (Å²) in [5.74, 6) is -1.83. The lowest BCUT2D eigenvalue weighted by molar-refractivity contribution is -0.146. The maximum absolute atomic E-state index is 12.9. The summed E-state index contributed by atoms with van der Waals surface area (Å²) in [5.41, 5.74) is 4.60. The molecule has 0 fully saturated rings. The number of nitrogens with zero attached hydrogens (tertiary/aromatic N) is 2. The Morgan fingerprint density at radius 3 is 2.71 bits per heavy atom. The molecule has 1 aromatic heterocycles. The van der Waals surface area contributed by atoms with E-state index >= 15 is 0 Å². The van der Waals surface area contributed by atoms with Crippen LogP contribution in [0.5, 0.6) is 5.75 Å². The molecule has 1 atom stereocenters. The van der Waals surface area contributed by atoms with Gasteiger partial charge < -0.3 is 29.4 Å². The van der Waals surface area contributed by atoms with Crippen molar-refractivity contribution < 1.29 is 33.4 Å². The van der Waals surface area contributed by atoms with E-state index in [1.54, 1.807) is 20.9 Å². The molecule has 1 aromatic rings. The quantitative estimate of drug-likeness (QED) is 0.332. The summed E-state index contributed by atoms with van der Waals surface area (Å²) in [6, 6.07) is 1.13. The van der Waals surface area contributed by atoms with Gasteiger partial charge in [-0.15, -0.1) is 0 Å². The Labute approximate surface area is 160 Å². The highest BCUT2D eigenvalue weighted by atomic mass is 16.7. The molecule has 0 saturated heterocycles. The van der Waals surface area contributed by atoms with Crippen molar-refractivity contribution in [2.75, 3.05) is 38.8 Å². The second-order valence-electron chi connectivity index (χ2n) is 5.53. The van der Waals surface area contributed by atoms with Gasteiger partial charge in [-0.2, -0.15) is 0 Å². The number of fused-ring (bicyclic) bond motifs is 1.